The Morgan fingerprint density at radius 1 is 1.22 bits per heavy atom. The second-order valence-corrected chi connectivity index (χ2v) is 5.90. The van der Waals surface area contributed by atoms with Gasteiger partial charge in [-0.2, -0.15) is 0 Å². The van der Waals surface area contributed by atoms with Gasteiger partial charge in [-0.1, -0.05) is 13.8 Å². The number of fused-ring (bicyclic) bond motifs is 1. The first-order valence-electron chi connectivity index (χ1n) is 7.02. The molecule has 4 heteroatoms. The van der Waals surface area contributed by atoms with Gasteiger partial charge in [0.25, 0.3) is 0 Å². The molecule has 1 saturated heterocycles. The first kappa shape index (κ1) is 11.9. The van der Waals surface area contributed by atoms with E-state index in [1.54, 1.807) is 6.33 Å². The molecule has 0 aliphatic carbocycles. The van der Waals surface area contributed by atoms with E-state index in [4.69, 9.17) is 0 Å². The highest BCUT2D eigenvalue weighted by Crippen LogP contribution is 2.28. The zero-order valence-electron chi connectivity index (χ0n) is 11.3. The molecule has 2 atom stereocenters. The Hall–Kier alpha value is -1.16. The Kier molecular flexibility index (Phi) is 3.20. The van der Waals surface area contributed by atoms with Crippen LogP contribution in [-0.2, 0) is 13.0 Å². The van der Waals surface area contributed by atoms with Crippen LogP contribution in [0.2, 0.25) is 0 Å². The minimum absolute atomic E-state index is 0.760. The van der Waals surface area contributed by atoms with Crippen molar-refractivity contribution < 1.29 is 0 Å². The summed E-state index contributed by atoms with van der Waals surface area (Å²) in [5.74, 6) is 2.69. The van der Waals surface area contributed by atoms with Gasteiger partial charge in [0.05, 0.1) is 5.69 Å². The molecular formula is C14H22N4. The largest absolute Gasteiger partial charge is 0.356 e. The van der Waals surface area contributed by atoms with Crippen LogP contribution in [0.3, 0.4) is 0 Å². The Morgan fingerprint density at radius 3 is 2.78 bits per heavy atom. The summed E-state index contributed by atoms with van der Waals surface area (Å²) < 4.78 is 0. The lowest BCUT2D eigenvalue weighted by Crippen LogP contribution is -2.40. The van der Waals surface area contributed by atoms with E-state index in [2.05, 4.69) is 34.0 Å². The molecule has 2 unspecified atom stereocenters. The molecule has 98 valence electrons. The van der Waals surface area contributed by atoms with Crippen LogP contribution in [0.1, 0.15) is 31.5 Å². The Balaban J connectivity index is 1.91. The molecule has 2 aliphatic rings. The molecule has 0 spiro atoms. The number of rotatable bonds is 1. The smallest absolute Gasteiger partial charge is 0.136 e. The number of aromatic nitrogens is 2. The zero-order valence-corrected chi connectivity index (χ0v) is 11.3. The highest BCUT2D eigenvalue weighted by atomic mass is 15.2. The van der Waals surface area contributed by atoms with E-state index in [0.29, 0.717) is 0 Å². The lowest BCUT2D eigenvalue weighted by atomic mass is 9.91. The predicted molar refractivity (Wildman–Crippen MR) is 72.6 cm³/mol. The molecule has 3 rings (SSSR count). The SMILES string of the molecule is CC1CC(C)CN(c2ncnc3c2CNCC3)C1. The number of hydrogen-bond donors (Lipinski definition) is 1. The maximum absolute atomic E-state index is 4.56. The molecule has 0 radical (unpaired) electrons. The van der Waals surface area contributed by atoms with Gasteiger partial charge in [0.1, 0.15) is 12.1 Å². The highest BCUT2D eigenvalue weighted by molar-refractivity contribution is 5.49. The molecule has 0 saturated carbocycles. The van der Waals surface area contributed by atoms with Gasteiger partial charge < -0.3 is 10.2 Å². The van der Waals surface area contributed by atoms with Gasteiger partial charge in [-0.05, 0) is 18.3 Å². The highest BCUT2D eigenvalue weighted by Gasteiger charge is 2.26. The van der Waals surface area contributed by atoms with Crippen LogP contribution < -0.4 is 10.2 Å². The van der Waals surface area contributed by atoms with Crippen molar-refractivity contribution in [1.82, 2.24) is 15.3 Å². The van der Waals surface area contributed by atoms with Crippen molar-refractivity contribution in [3.8, 4) is 0 Å². The maximum Gasteiger partial charge on any atom is 0.136 e. The molecule has 4 nitrogen and oxygen atoms in total. The Morgan fingerprint density at radius 2 is 2.00 bits per heavy atom. The number of hydrogen-bond acceptors (Lipinski definition) is 4. The quantitative estimate of drug-likeness (QED) is 0.817. The van der Waals surface area contributed by atoms with Crippen LogP contribution in [0.4, 0.5) is 5.82 Å². The van der Waals surface area contributed by atoms with E-state index in [0.717, 1.165) is 44.4 Å². The fourth-order valence-electron chi connectivity index (χ4n) is 3.36. The van der Waals surface area contributed by atoms with Crippen molar-refractivity contribution in [3.63, 3.8) is 0 Å². The summed E-state index contributed by atoms with van der Waals surface area (Å²) in [6.45, 7) is 8.91. The summed E-state index contributed by atoms with van der Waals surface area (Å²) in [5.41, 5.74) is 2.56. The molecule has 0 aromatic carbocycles. The van der Waals surface area contributed by atoms with Crippen LogP contribution in [0.5, 0.6) is 0 Å². The van der Waals surface area contributed by atoms with E-state index >= 15 is 0 Å². The van der Waals surface area contributed by atoms with Crippen molar-refractivity contribution in [2.45, 2.75) is 33.2 Å². The maximum atomic E-state index is 4.56. The van der Waals surface area contributed by atoms with Gasteiger partial charge >= 0.3 is 0 Å². The summed E-state index contributed by atoms with van der Waals surface area (Å²) in [4.78, 5) is 11.5. The second-order valence-electron chi connectivity index (χ2n) is 5.90. The predicted octanol–water partition coefficient (Wildman–Crippen LogP) is 1.60. The fraction of sp³-hybridized carbons (Fsp3) is 0.714. The van der Waals surface area contributed by atoms with Crippen molar-refractivity contribution in [1.29, 1.82) is 0 Å². The van der Waals surface area contributed by atoms with Crippen LogP contribution >= 0.6 is 0 Å². The van der Waals surface area contributed by atoms with Crippen LogP contribution in [0, 0.1) is 11.8 Å². The van der Waals surface area contributed by atoms with Crippen molar-refractivity contribution in [2.75, 3.05) is 24.5 Å². The summed E-state index contributed by atoms with van der Waals surface area (Å²) in [6.07, 6.45) is 4.11. The van der Waals surface area contributed by atoms with Gasteiger partial charge in [-0.3, -0.25) is 0 Å². The normalized spacial score (nSPS) is 28.0. The standard InChI is InChI=1S/C14H22N4/c1-10-5-11(2)8-18(7-10)14-12-6-15-4-3-13(12)16-9-17-14/h9-11,15H,3-8H2,1-2H3. The molecule has 1 N–H and O–H groups in total. The lowest BCUT2D eigenvalue weighted by Gasteiger charge is -2.37. The first-order valence-corrected chi connectivity index (χ1v) is 7.02. The molecule has 2 aliphatic heterocycles. The van der Waals surface area contributed by atoms with E-state index in [1.807, 2.05) is 0 Å². The second kappa shape index (κ2) is 4.84. The third-order valence-corrected chi connectivity index (χ3v) is 4.02. The van der Waals surface area contributed by atoms with Gasteiger partial charge in [0.2, 0.25) is 0 Å². The number of anilines is 1. The Labute approximate surface area is 109 Å². The van der Waals surface area contributed by atoms with Crippen LogP contribution in [0.15, 0.2) is 6.33 Å². The van der Waals surface area contributed by atoms with E-state index in [9.17, 15) is 0 Å². The van der Waals surface area contributed by atoms with Crippen LogP contribution in [0.25, 0.3) is 0 Å². The van der Waals surface area contributed by atoms with Gasteiger partial charge in [-0.25, -0.2) is 9.97 Å². The topological polar surface area (TPSA) is 41.1 Å². The van der Waals surface area contributed by atoms with E-state index < -0.39 is 0 Å². The summed E-state index contributed by atoms with van der Waals surface area (Å²) in [6, 6.07) is 0. The third-order valence-electron chi connectivity index (χ3n) is 4.02. The molecule has 1 fully saturated rings. The molecule has 1 aromatic heterocycles. The van der Waals surface area contributed by atoms with Crippen molar-refractivity contribution >= 4 is 5.82 Å². The van der Waals surface area contributed by atoms with Crippen molar-refractivity contribution in [2.24, 2.45) is 11.8 Å². The average molecular weight is 246 g/mol. The zero-order chi connectivity index (χ0) is 12.5. The van der Waals surface area contributed by atoms with Crippen LogP contribution in [-0.4, -0.2) is 29.6 Å². The summed E-state index contributed by atoms with van der Waals surface area (Å²) >= 11 is 0. The summed E-state index contributed by atoms with van der Waals surface area (Å²) in [7, 11) is 0. The molecule has 3 heterocycles. The molecule has 1 aromatic rings. The number of nitrogens with zero attached hydrogens (tertiary/aromatic N) is 3. The van der Waals surface area contributed by atoms with Gasteiger partial charge in [0.15, 0.2) is 0 Å². The first-order chi connectivity index (χ1) is 8.74. The molecule has 0 amide bonds. The average Bonchev–Trinajstić information content (AvgIpc) is 2.37. The minimum Gasteiger partial charge on any atom is -0.356 e. The van der Waals surface area contributed by atoms with Crippen molar-refractivity contribution in [3.05, 3.63) is 17.6 Å². The number of piperidine rings is 1. The monoisotopic (exact) mass is 246 g/mol. The fourth-order valence-corrected chi connectivity index (χ4v) is 3.36. The molecular weight excluding hydrogens is 224 g/mol. The van der Waals surface area contributed by atoms with Gasteiger partial charge in [0, 0.05) is 38.2 Å². The van der Waals surface area contributed by atoms with Gasteiger partial charge in [-0.15, -0.1) is 0 Å². The molecule has 18 heavy (non-hydrogen) atoms. The summed E-state index contributed by atoms with van der Waals surface area (Å²) in [5, 5.41) is 3.44. The Bertz CT molecular complexity index is 422. The molecule has 0 bridgehead atoms. The van der Waals surface area contributed by atoms with E-state index in [1.165, 1.54) is 23.5 Å². The number of nitrogens with one attached hydrogen (secondary N) is 1. The minimum atomic E-state index is 0.760. The van der Waals surface area contributed by atoms with E-state index in [-0.39, 0.29) is 0 Å². The lowest BCUT2D eigenvalue weighted by molar-refractivity contribution is 0.354. The third kappa shape index (κ3) is 2.21.